The first-order valence-electron chi connectivity index (χ1n) is 6.83. The average molecular weight is 301 g/mol. The van der Waals surface area contributed by atoms with Gasteiger partial charge in [-0.1, -0.05) is 0 Å². The van der Waals surface area contributed by atoms with Crippen molar-refractivity contribution >= 4 is 17.4 Å². The van der Waals surface area contributed by atoms with Gasteiger partial charge in [-0.3, -0.25) is 4.79 Å². The summed E-state index contributed by atoms with van der Waals surface area (Å²) in [6, 6.07) is 3.44. The maximum Gasteiger partial charge on any atom is 0.171 e. The van der Waals surface area contributed by atoms with Gasteiger partial charge in [-0.15, -0.1) is 11.6 Å². The van der Waals surface area contributed by atoms with E-state index in [1.165, 1.54) is 0 Å². The second kappa shape index (κ2) is 8.69. The molecule has 1 rings (SSSR count). The third kappa shape index (κ3) is 4.30. The summed E-state index contributed by atoms with van der Waals surface area (Å²) >= 11 is 5.66. The van der Waals surface area contributed by atoms with E-state index in [2.05, 4.69) is 0 Å². The third-order valence-corrected chi connectivity index (χ3v) is 2.74. The largest absolute Gasteiger partial charge is 0.494 e. The zero-order valence-electron chi connectivity index (χ0n) is 12.2. The van der Waals surface area contributed by atoms with Gasteiger partial charge in [-0.05, 0) is 20.8 Å². The number of hydrogen-bond acceptors (Lipinski definition) is 4. The van der Waals surface area contributed by atoms with Crippen molar-refractivity contribution in [3.05, 3.63) is 17.7 Å². The SMILES string of the molecule is CCOc1cc(OCC)c(C(=O)CCCl)c(OCC)c1. The number of benzene rings is 1. The molecule has 0 aliphatic rings. The first-order chi connectivity index (χ1) is 9.67. The second-order valence-corrected chi connectivity index (χ2v) is 4.33. The molecule has 0 fully saturated rings. The van der Waals surface area contributed by atoms with E-state index in [1.807, 2.05) is 20.8 Å². The Morgan fingerprint density at radius 2 is 1.50 bits per heavy atom. The smallest absolute Gasteiger partial charge is 0.171 e. The molecule has 0 saturated carbocycles. The van der Waals surface area contributed by atoms with Crippen LogP contribution >= 0.6 is 11.6 Å². The van der Waals surface area contributed by atoms with Gasteiger partial charge in [0.15, 0.2) is 5.78 Å². The molecule has 0 saturated heterocycles. The second-order valence-electron chi connectivity index (χ2n) is 3.96. The van der Waals surface area contributed by atoms with Gasteiger partial charge in [0.25, 0.3) is 0 Å². The van der Waals surface area contributed by atoms with Crippen LogP contribution in [-0.2, 0) is 0 Å². The van der Waals surface area contributed by atoms with Crippen LogP contribution in [0.1, 0.15) is 37.6 Å². The monoisotopic (exact) mass is 300 g/mol. The van der Waals surface area contributed by atoms with Crippen molar-refractivity contribution in [3.63, 3.8) is 0 Å². The highest BCUT2D eigenvalue weighted by Gasteiger charge is 2.20. The van der Waals surface area contributed by atoms with E-state index in [0.717, 1.165) is 0 Å². The first kappa shape index (κ1) is 16.6. The maximum absolute atomic E-state index is 12.2. The minimum atomic E-state index is -0.0880. The van der Waals surface area contributed by atoms with Gasteiger partial charge in [-0.2, -0.15) is 0 Å². The topological polar surface area (TPSA) is 44.8 Å². The Morgan fingerprint density at radius 3 is 1.90 bits per heavy atom. The van der Waals surface area contributed by atoms with Gasteiger partial charge in [0.1, 0.15) is 22.8 Å². The number of alkyl halides is 1. The van der Waals surface area contributed by atoms with E-state index in [1.54, 1.807) is 12.1 Å². The van der Waals surface area contributed by atoms with E-state index in [-0.39, 0.29) is 18.1 Å². The minimum Gasteiger partial charge on any atom is -0.494 e. The summed E-state index contributed by atoms with van der Waals surface area (Å²) in [6.07, 6.45) is 0.246. The molecule has 1 aromatic rings. The molecule has 0 radical (unpaired) electrons. The van der Waals surface area contributed by atoms with Crippen LogP contribution in [0.2, 0.25) is 0 Å². The molecule has 0 aliphatic carbocycles. The maximum atomic E-state index is 12.2. The molecule has 0 spiro atoms. The van der Waals surface area contributed by atoms with Crippen LogP contribution < -0.4 is 14.2 Å². The number of halogens is 1. The molecule has 0 aromatic heterocycles. The molecule has 0 N–H and O–H groups in total. The molecule has 0 heterocycles. The molecule has 1 aromatic carbocycles. The quantitative estimate of drug-likeness (QED) is 0.515. The molecule has 0 unspecified atom stereocenters. The zero-order valence-corrected chi connectivity index (χ0v) is 13.0. The normalized spacial score (nSPS) is 10.2. The Kier molecular flexibility index (Phi) is 7.23. The van der Waals surface area contributed by atoms with Crippen molar-refractivity contribution in [1.29, 1.82) is 0 Å². The third-order valence-electron chi connectivity index (χ3n) is 2.55. The molecule has 112 valence electrons. The summed E-state index contributed by atoms with van der Waals surface area (Å²) in [7, 11) is 0. The highest BCUT2D eigenvalue weighted by atomic mass is 35.5. The molecule has 0 aliphatic heterocycles. The molecule has 4 nitrogen and oxygen atoms in total. The van der Waals surface area contributed by atoms with Crippen molar-refractivity contribution in [2.24, 2.45) is 0 Å². The predicted octanol–water partition coefficient (Wildman–Crippen LogP) is 3.69. The van der Waals surface area contributed by atoms with E-state index in [9.17, 15) is 4.79 Å². The fourth-order valence-electron chi connectivity index (χ4n) is 1.84. The standard InChI is InChI=1S/C15H21ClO4/c1-4-18-11-9-13(19-5-2)15(12(17)7-8-16)14(10-11)20-6-3/h9-10H,4-8H2,1-3H3. The zero-order chi connectivity index (χ0) is 15.0. The lowest BCUT2D eigenvalue weighted by molar-refractivity contribution is 0.0981. The number of hydrogen-bond donors (Lipinski definition) is 0. The van der Waals surface area contributed by atoms with Crippen LogP contribution in [0.3, 0.4) is 0 Å². The molecular formula is C15H21ClO4. The van der Waals surface area contributed by atoms with Crippen LogP contribution in [-0.4, -0.2) is 31.5 Å². The van der Waals surface area contributed by atoms with E-state index >= 15 is 0 Å². The highest BCUT2D eigenvalue weighted by molar-refractivity contribution is 6.20. The van der Waals surface area contributed by atoms with Crippen LogP contribution in [0.5, 0.6) is 17.2 Å². The Morgan fingerprint density at radius 1 is 1.00 bits per heavy atom. The summed E-state index contributed by atoms with van der Waals surface area (Å²) in [6.45, 7) is 7.08. The van der Waals surface area contributed by atoms with Crippen molar-refractivity contribution in [2.45, 2.75) is 27.2 Å². The molecular weight excluding hydrogens is 280 g/mol. The summed E-state index contributed by atoms with van der Waals surface area (Å²) in [5.74, 6) is 1.77. The van der Waals surface area contributed by atoms with Crippen LogP contribution in [0.15, 0.2) is 12.1 Å². The fourth-order valence-corrected chi connectivity index (χ4v) is 2.01. The van der Waals surface area contributed by atoms with Crippen LogP contribution in [0.4, 0.5) is 0 Å². The fraction of sp³-hybridized carbons (Fsp3) is 0.533. The van der Waals surface area contributed by atoms with E-state index in [0.29, 0.717) is 42.6 Å². The number of Topliss-reactive ketones (excluding diaryl/α,β-unsaturated/α-hetero) is 1. The minimum absolute atomic E-state index is 0.0880. The highest BCUT2D eigenvalue weighted by Crippen LogP contribution is 2.35. The lowest BCUT2D eigenvalue weighted by atomic mass is 10.1. The summed E-state index contributed by atoms with van der Waals surface area (Å²) in [5.41, 5.74) is 0.442. The lowest BCUT2D eigenvalue weighted by Gasteiger charge is -2.16. The average Bonchev–Trinajstić information content (AvgIpc) is 2.40. The van der Waals surface area contributed by atoms with Crippen LogP contribution in [0, 0.1) is 0 Å². The molecule has 0 atom stereocenters. The first-order valence-corrected chi connectivity index (χ1v) is 7.36. The molecule has 20 heavy (non-hydrogen) atoms. The van der Waals surface area contributed by atoms with Crippen molar-refractivity contribution in [1.82, 2.24) is 0 Å². The van der Waals surface area contributed by atoms with Gasteiger partial charge in [0.2, 0.25) is 0 Å². The molecule has 5 heteroatoms. The van der Waals surface area contributed by atoms with Gasteiger partial charge < -0.3 is 14.2 Å². The van der Waals surface area contributed by atoms with Crippen LogP contribution in [0.25, 0.3) is 0 Å². The number of carbonyl (C=O) groups is 1. The Hall–Kier alpha value is -1.42. The molecule has 0 amide bonds. The van der Waals surface area contributed by atoms with Crippen molar-refractivity contribution < 1.29 is 19.0 Å². The number of ketones is 1. The van der Waals surface area contributed by atoms with E-state index < -0.39 is 0 Å². The Bertz CT molecular complexity index is 418. The Balaban J connectivity index is 3.29. The summed E-state index contributed by atoms with van der Waals surface area (Å²) in [4.78, 5) is 12.2. The van der Waals surface area contributed by atoms with Crippen molar-refractivity contribution in [2.75, 3.05) is 25.7 Å². The summed E-state index contributed by atoms with van der Waals surface area (Å²) < 4.78 is 16.6. The van der Waals surface area contributed by atoms with Gasteiger partial charge >= 0.3 is 0 Å². The van der Waals surface area contributed by atoms with Gasteiger partial charge in [-0.25, -0.2) is 0 Å². The number of ether oxygens (including phenoxy) is 3. The number of carbonyl (C=O) groups excluding carboxylic acids is 1. The molecule has 0 bridgehead atoms. The number of rotatable bonds is 9. The lowest BCUT2D eigenvalue weighted by Crippen LogP contribution is -2.09. The Labute approximate surface area is 125 Å². The van der Waals surface area contributed by atoms with E-state index in [4.69, 9.17) is 25.8 Å². The summed E-state index contributed by atoms with van der Waals surface area (Å²) in [5, 5.41) is 0. The predicted molar refractivity (Wildman–Crippen MR) is 79.6 cm³/mol. The van der Waals surface area contributed by atoms with Crippen molar-refractivity contribution in [3.8, 4) is 17.2 Å². The van der Waals surface area contributed by atoms with Gasteiger partial charge in [0, 0.05) is 24.4 Å². The van der Waals surface area contributed by atoms with Gasteiger partial charge in [0.05, 0.1) is 19.8 Å².